The van der Waals surface area contributed by atoms with E-state index in [1.807, 2.05) is 13.8 Å². The van der Waals surface area contributed by atoms with Gasteiger partial charge in [0.2, 0.25) is 5.91 Å². The van der Waals surface area contributed by atoms with Crippen LogP contribution in [0.4, 0.5) is 5.00 Å². The van der Waals surface area contributed by atoms with Crippen molar-refractivity contribution in [1.29, 1.82) is 0 Å². The van der Waals surface area contributed by atoms with Crippen LogP contribution in [0.3, 0.4) is 0 Å². The highest BCUT2D eigenvalue weighted by molar-refractivity contribution is 7.16. The van der Waals surface area contributed by atoms with Crippen LogP contribution in [0.2, 0.25) is 0 Å². The number of carbonyl (C=O) groups excluding carboxylic acids is 2. The summed E-state index contributed by atoms with van der Waals surface area (Å²) in [6.45, 7) is 3.83. The second-order valence-corrected chi connectivity index (χ2v) is 7.24. The molecule has 0 aliphatic heterocycles. The molecule has 2 N–H and O–H groups in total. The van der Waals surface area contributed by atoms with Crippen LogP contribution >= 0.6 is 11.3 Å². The number of ether oxygens (including phenoxy) is 1. The molecule has 2 unspecified atom stereocenters. The Morgan fingerprint density at radius 1 is 1.25 bits per heavy atom. The second-order valence-electron chi connectivity index (χ2n) is 6.01. The summed E-state index contributed by atoms with van der Waals surface area (Å²) in [5, 5.41) is 12.6. The molecule has 6 nitrogen and oxygen atoms in total. The van der Waals surface area contributed by atoms with Crippen LogP contribution < -0.4 is 5.32 Å². The zero-order valence-corrected chi connectivity index (χ0v) is 15.0. The summed E-state index contributed by atoms with van der Waals surface area (Å²) in [5.41, 5.74) is 1.25. The number of rotatable bonds is 5. The number of amides is 1. The number of thiophene rings is 1. The van der Waals surface area contributed by atoms with Gasteiger partial charge in [0, 0.05) is 4.88 Å². The van der Waals surface area contributed by atoms with Crippen LogP contribution in [-0.2, 0) is 20.7 Å². The van der Waals surface area contributed by atoms with Gasteiger partial charge in [-0.2, -0.15) is 0 Å². The third-order valence-corrected chi connectivity index (χ3v) is 5.67. The summed E-state index contributed by atoms with van der Waals surface area (Å²) < 4.78 is 4.84. The highest BCUT2D eigenvalue weighted by atomic mass is 32.1. The predicted octanol–water partition coefficient (Wildman–Crippen LogP) is 3.24. The Labute approximate surface area is 145 Å². The molecule has 2 atom stereocenters. The summed E-state index contributed by atoms with van der Waals surface area (Å²) in [6, 6.07) is 0. The van der Waals surface area contributed by atoms with E-state index in [2.05, 4.69) is 5.32 Å². The van der Waals surface area contributed by atoms with Gasteiger partial charge in [-0.25, -0.2) is 4.79 Å². The van der Waals surface area contributed by atoms with Gasteiger partial charge in [0.15, 0.2) is 0 Å². The van der Waals surface area contributed by atoms with Crippen molar-refractivity contribution in [3.8, 4) is 0 Å². The fourth-order valence-electron chi connectivity index (χ4n) is 3.36. The zero-order valence-electron chi connectivity index (χ0n) is 14.2. The van der Waals surface area contributed by atoms with E-state index >= 15 is 0 Å². The molecule has 1 heterocycles. The minimum absolute atomic E-state index is 0.323. The first-order chi connectivity index (χ1) is 11.4. The Hall–Kier alpha value is -1.89. The van der Waals surface area contributed by atoms with Crippen molar-refractivity contribution in [3.05, 3.63) is 16.0 Å². The summed E-state index contributed by atoms with van der Waals surface area (Å²) in [6.07, 6.45) is 3.40. The minimum atomic E-state index is -0.931. The first-order valence-electron chi connectivity index (χ1n) is 8.14. The van der Waals surface area contributed by atoms with E-state index in [0.29, 0.717) is 29.8 Å². The van der Waals surface area contributed by atoms with Gasteiger partial charge < -0.3 is 15.2 Å². The van der Waals surface area contributed by atoms with Gasteiger partial charge in [-0.15, -0.1) is 11.3 Å². The molecular weight excluding hydrogens is 330 g/mol. The van der Waals surface area contributed by atoms with Crippen LogP contribution in [0.1, 0.15) is 53.4 Å². The molecule has 0 radical (unpaired) electrons. The van der Waals surface area contributed by atoms with E-state index in [4.69, 9.17) is 4.74 Å². The lowest BCUT2D eigenvalue weighted by Crippen LogP contribution is -2.36. The molecule has 7 heteroatoms. The molecule has 0 aromatic carbocycles. The molecule has 24 heavy (non-hydrogen) atoms. The topological polar surface area (TPSA) is 92.7 Å². The van der Waals surface area contributed by atoms with E-state index < -0.39 is 23.8 Å². The van der Waals surface area contributed by atoms with Gasteiger partial charge in [-0.1, -0.05) is 19.8 Å². The minimum Gasteiger partial charge on any atom is -0.481 e. The van der Waals surface area contributed by atoms with E-state index in [-0.39, 0.29) is 5.91 Å². The average molecular weight is 353 g/mol. The predicted molar refractivity (Wildman–Crippen MR) is 91.5 cm³/mol. The number of carboxylic acid groups (broad SMARTS) is 1. The van der Waals surface area contributed by atoms with E-state index in [1.54, 1.807) is 0 Å². The summed E-state index contributed by atoms with van der Waals surface area (Å²) in [5.74, 6) is -2.96. The Kier molecular flexibility index (Phi) is 5.99. The molecule has 2 rings (SSSR count). The van der Waals surface area contributed by atoms with Crippen molar-refractivity contribution in [2.45, 2.75) is 46.0 Å². The fraction of sp³-hybridized carbons (Fsp3) is 0.588. The standard InChI is InChI=1S/C17H23NO5S/c1-4-10-9(2)24-15(13(10)17(22)23-3)18-14(19)11-7-5-6-8-12(11)16(20)21/h11-12H,4-8H2,1-3H3,(H,18,19)(H,20,21). The molecule has 1 fully saturated rings. The Morgan fingerprint density at radius 3 is 2.42 bits per heavy atom. The Morgan fingerprint density at radius 2 is 1.88 bits per heavy atom. The van der Waals surface area contributed by atoms with Gasteiger partial charge in [0.25, 0.3) is 0 Å². The van der Waals surface area contributed by atoms with Gasteiger partial charge >= 0.3 is 11.9 Å². The van der Waals surface area contributed by atoms with Crippen molar-refractivity contribution in [2.75, 3.05) is 12.4 Å². The monoisotopic (exact) mass is 353 g/mol. The lowest BCUT2D eigenvalue weighted by atomic mass is 9.79. The number of methoxy groups -OCH3 is 1. The summed E-state index contributed by atoms with van der Waals surface area (Å²) >= 11 is 1.33. The summed E-state index contributed by atoms with van der Waals surface area (Å²) in [4.78, 5) is 37.1. The molecule has 1 aromatic heterocycles. The van der Waals surface area contributed by atoms with Gasteiger partial charge in [0.1, 0.15) is 5.00 Å². The quantitative estimate of drug-likeness (QED) is 0.793. The van der Waals surface area contributed by atoms with E-state index in [1.165, 1.54) is 18.4 Å². The lowest BCUT2D eigenvalue weighted by molar-refractivity contribution is -0.147. The molecule has 132 valence electrons. The lowest BCUT2D eigenvalue weighted by Gasteiger charge is -2.27. The number of hydrogen-bond acceptors (Lipinski definition) is 5. The van der Waals surface area contributed by atoms with Crippen LogP contribution in [0.15, 0.2) is 0 Å². The largest absolute Gasteiger partial charge is 0.481 e. The average Bonchev–Trinajstić information content (AvgIpc) is 2.88. The first kappa shape index (κ1) is 18.4. The van der Waals surface area contributed by atoms with Gasteiger partial charge in [0.05, 0.1) is 24.5 Å². The number of hydrogen-bond donors (Lipinski definition) is 2. The number of nitrogens with one attached hydrogen (secondary N) is 1. The van der Waals surface area contributed by atoms with Crippen LogP contribution in [-0.4, -0.2) is 30.1 Å². The highest BCUT2D eigenvalue weighted by Gasteiger charge is 2.36. The van der Waals surface area contributed by atoms with Gasteiger partial charge in [-0.05, 0) is 31.7 Å². The van der Waals surface area contributed by atoms with Crippen LogP contribution in [0.5, 0.6) is 0 Å². The smallest absolute Gasteiger partial charge is 0.341 e. The van der Waals surface area contributed by atoms with Crippen molar-refractivity contribution in [1.82, 2.24) is 0 Å². The third-order valence-electron chi connectivity index (χ3n) is 4.61. The molecule has 1 amide bonds. The molecule has 0 spiro atoms. The Bertz CT molecular complexity index is 652. The molecular formula is C17H23NO5S. The highest BCUT2D eigenvalue weighted by Crippen LogP contribution is 2.36. The molecule has 0 bridgehead atoms. The maximum atomic E-state index is 12.6. The Balaban J connectivity index is 2.28. The number of carboxylic acids is 1. The molecule has 0 saturated heterocycles. The second kappa shape index (κ2) is 7.79. The molecule has 1 saturated carbocycles. The van der Waals surface area contributed by atoms with E-state index in [0.717, 1.165) is 23.3 Å². The third kappa shape index (κ3) is 3.61. The fourth-order valence-corrected chi connectivity index (χ4v) is 4.49. The molecule has 1 aliphatic rings. The van der Waals surface area contributed by atoms with Crippen molar-refractivity contribution in [2.24, 2.45) is 11.8 Å². The van der Waals surface area contributed by atoms with Gasteiger partial charge in [-0.3, -0.25) is 9.59 Å². The summed E-state index contributed by atoms with van der Waals surface area (Å²) in [7, 11) is 1.31. The van der Waals surface area contributed by atoms with Crippen molar-refractivity contribution >= 4 is 34.2 Å². The van der Waals surface area contributed by atoms with E-state index in [9.17, 15) is 19.5 Å². The SMILES string of the molecule is CCc1c(C)sc(NC(=O)C2CCCCC2C(=O)O)c1C(=O)OC. The maximum Gasteiger partial charge on any atom is 0.341 e. The number of aliphatic carboxylic acids is 1. The number of esters is 1. The van der Waals surface area contributed by atoms with Crippen molar-refractivity contribution in [3.63, 3.8) is 0 Å². The number of anilines is 1. The van der Waals surface area contributed by atoms with Crippen LogP contribution in [0.25, 0.3) is 0 Å². The van der Waals surface area contributed by atoms with Crippen LogP contribution in [0, 0.1) is 18.8 Å². The maximum absolute atomic E-state index is 12.6. The number of carbonyl (C=O) groups is 3. The molecule has 1 aromatic rings. The number of aryl methyl sites for hydroxylation is 1. The van der Waals surface area contributed by atoms with Crippen molar-refractivity contribution < 1.29 is 24.2 Å². The zero-order chi connectivity index (χ0) is 17.9. The molecule has 1 aliphatic carbocycles. The normalized spacial score (nSPS) is 20.5. The first-order valence-corrected chi connectivity index (χ1v) is 8.96.